The molecule has 3 N–H and O–H groups in total. The van der Waals surface area contributed by atoms with Crippen molar-refractivity contribution in [2.45, 2.75) is 18.9 Å². The first-order valence-corrected chi connectivity index (χ1v) is 6.47. The minimum atomic E-state index is 0.0228. The molecule has 0 radical (unpaired) electrons. The van der Waals surface area contributed by atoms with Gasteiger partial charge in [-0.1, -0.05) is 12.1 Å². The molecule has 98 valence electrons. The Kier molecular flexibility index (Phi) is 4.33. The van der Waals surface area contributed by atoms with Crippen molar-refractivity contribution in [1.82, 2.24) is 10.2 Å². The number of hydrogen-bond donors (Lipinski definition) is 2. The second-order valence-electron chi connectivity index (χ2n) is 4.96. The molecule has 0 bridgehead atoms. The number of nitrogens with zero attached hydrogens (tertiary/aromatic N) is 1. The molecule has 0 spiro atoms. The summed E-state index contributed by atoms with van der Waals surface area (Å²) in [5, 5.41) is 3.07. The van der Waals surface area contributed by atoms with Crippen molar-refractivity contribution in [3.63, 3.8) is 0 Å². The fourth-order valence-electron chi connectivity index (χ4n) is 2.31. The third-order valence-electron chi connectivity index (χ3n) is 3.38. The van der Waals surface area contributed by atoms with Gasteiger partial charge in [0.25, 0.3) is 5.91 Å². The van der Waals surface area contributed by atoms with E-state index in [4.69, 9.17) is 5.73 Å². The number of rotatable bonds is 4. The molecule has 4 nitrogen and oxygen atoms in total. The van der Waals surface area contributed by atoms with Crippen LogP contribution in [0, 0.1) is 0 Å². The molecule has 1 atom stereocenters. The molecule has 1 aliphatic heterocycles. The molecule has 1 aromatic rings. The fraction of sp³-hybridized carbons (Fsp3) is 0.500. The third kappa shape index (κ3) is 3.31. The van der Waals surface area contributed by atoms with Gasteiger partial charge in [0.15, 0.2) is 0 Å². The molecule has 1 unspecified atom stereocenters. The van der Waals surface area contributed by atoms with Crippen LogP contribution in [0.5, 0.6) is 0 Å². The smallest absolute Gasteiger partial charge is 0.251 e. The number of carbonyl (C=O) groups is 1. The topological polar surface area (TPSA) is 58.4 Å². The van der Waals surface area contributed by atoms with E-state index in [0.29, 0.717) is 6.54 Å². The summed E-state index contributed by atoms with van der Waals surface area (Å²) < 4.78 is 0. The van der Waals surface area contributed by atoms with Gasteiger partial charge in [-0.2, -0.15) is 0 Å². The Hall–Kier alpha value is -1.39. The standard InChI is InChI=1S/C14H21N3O/c1-17-9-7-13(10-17)16-14(18)12-4-2-11(3-5-12)6-8-15/h2-5,13H,6-10,15H2,1H3,(H,16,18). The summed E-state index contributed by atoms with van der Waals surface area (Å²) in [4.78, 5) is 14.3. The molecule has 1 aromatic carbocycles. The van der Waals surface area contributed by atoms with Crippen molar-refractivity contribution in [2.75, 3.05) is 26.7 Å². The number of likely N-dealkylation sites (N-methyl/N-ethyl adjacent to an activating group) is 1. The molecule has 1 saturated heterocycles. The van der Waals surface area contributed by atoms with Crippen LogP contribution in [0.1, 0.15) is 22.3 Å². The zero-order valence-corrected chi connectivity index (χ0v) is 10.9. The van der Waals surface area contributed by atoms with E-state index in [1.165, 1.54) is 5.56 Å². The Labute approximate surface area is 108 Å². The highest BCUT2D eigenvalue weighted by atomic mass is 16.1. The lowest BCUT2D eigenvalue weighted by Gasteiger charge is -2.13. The number of benzene rings is 1. The maximum absolute atomic E-state index is 12.0. The van der Waals surface area contributed by atoms with E-state index in [-0.39, 0.29) is 11.9 Å². The van der Waals surface area contributed by atoms with Gasteiger partial charge in [0.2, 0.25) is 0 Å². The van der Waals surface area contributed by atoms with E-state index in [1.807, 2.05) is 24.3 Å². The maximum Gasteiger partial charge on any atom is 0.251 e. The summed E-state index contributed by atoms with van der Waals surface area (Å²) in [6, 6.07) is 7.98. The molecule has 1 heterocycles. The zero-order chi connectivity index (χ0) is 13.0. The summed E-state index contributed by atoms with van der Waals surface area (Å²) in [6.45, 7) is 2.64. The van der Waals surface area contributed by atoms with Crippen molar-refractivity contribution < 1.29 is 4.79 Å². The van der Waals surface area contributed by atoms with Gasteiger partial charge >= 0.3 is 0 Å². The number of hydrogen-bond acceptors (Lipinski definition) is 3. The molecule has 18 heavy (non-hydrogen) atoms. The highest BCUT2D eigenvalue weighted by molar-refractivity contribution is 5.94. The van der Waals surface area contributed by atoms with Crippen LogP contribution in [0.25, 0.3) is 0 Å². The Morgan fingerprint density at radius 2 is 2.17 bits per heavy atom. The van der Waals surface area contributed by atoms with E-state index in [0.717, 1.165) is 31.5 Å². The molecule has 0 aliphatic carbocycles. The molecule has 0 aromatic heterocycles. The lowest BCUT2D eigenvalue weighted by molar-refractivity contribution is 0.0938. The van der Waals surface area contributed by atoms with Gasteiger partial charge in [0.1, 0.15) is 0 Å². The molecule has 4 heteroatoms. The second-order valence-corrected chi connectivity index (χ2v) is 4.96. The Bertz CT molecular complexity index is 402. The Morgan fingerprint density at radius 3 is 2.72 bits per heavy atom. The SMILES string of the molecule is CN1CCC(NC(=O)c2ccc(CCN)cc2)C1. The quantitative estimate of drug-likeness (QED) is 0.820. The third-order valence-corrected chi connectivity index (χ3v) is 3.38. The van der Waals surface area contributed by atoms with Crippen LogP contribution < -0.4 is 11.1 Å². The second kappa shape index (κ2) is 5.98. The van der Waals surface area contributed by atoms with E-state index < -0.39 is 0 Å². The van der Waals surface area contributed by atoms with Gasteiger partial charge in [0, 0.05) is 18.2 Å². The van der Waals surface area contributed by atoms with Gasteiger partial charge in [0.05, 0.1) is 0 Å². The molecular weight excluding hydrogens is 226 g/mol. The number of nitrogens with one attached hydrogen (secondary N) is 1. The molecule has 1 amide bonds. The number of amides is 1. The first-order valence-electron chi connectivity index (χ1n) is 6.47. The minimum absolute atomic E-state index is 0.0228. The lowest BCUT2D eigenvalue weighted by Crippen LogP contribution is -2.36. The number of likely N-dealkylation sites (tertiary alicyclic amines) is 1. The summed E-state index contributed by atoms with van der Waals surface area (Å²) >= 11 is 0. The monoisotopic (exact) mass is 247 g/mol. The predicted molar refractivity (Wildman–Crippen MR) is 72.6 cm³/mol. The van der Waals surface area contributed by atoms with E-state index in [2.05, 4.69) is 17.3 Å². The van der Waals surface area contributed by atoms with Gasteiger partial charge in [-0.05, 0) is 50.7 Å². The average molecular weight is 247 g/mol. The van der Waals surface area contributed by atoms with Crippen LogP contribution in [-0.2, 0) is 6.42 Å². The maximum atomic E-state index is 12.0. The van der Waals surface area contributed by atoms with E-state index in [9.17, 15) is 4.79 Å². The number of carbonyl (C=O) groups excluding carboxylic acids is 1. The van der Waals surface area contributed by atoms with Crippen molar-refractivity contribution in [3.05, 3.63) is 35.4 Å². The van der Waals surface area contributed by atoms with Crippen LogP contribution in [0.4, 0.5) is 0 Å². The van der Waals surface area contributed by atoms with Crippen molar-refractivity contribution in [2.24, 2.45) is 5.73 Å². The zero-order valence-electron chi connectivity index (χ0n) is 10.9. The predicted octanol–water partition coefficient (Wildman–Crippen LogP) is 0.622. The molecule has 1 aliphatic rings. The summed E-state index contributed by atoms with van der Waals surface area (Å²) in [5.41, 5.74) is 7.40. The van der Waals surface area contributed by atoms with Gasteiger partial charge in [-0.3, -0.25) is 4.79 Å². The van der Waals surface area contributed by atoms with Crippen molar-refractivity contribution >= 4 is 5.91 Å². The van der Waals surface area contributed by atoms with Gasteiger partial charge in [-0.25, -0.2) is 0 Å². The Morgan fingerprint density at radius 1 is 1.44 bits per heavy atom. The first-order chi connectivity index (χ1) is 8.69. The summed E-state index contributed by atoms with van der Waals surface area (Å²) in [6.07, 6.45) is 1.89. The molecule has 2 rings (SSSR count). The Balaban J connectivity index is 1.92. The minimum Gasteiger partial charge on any atom is -0.348 e. The molecule has 1 fully saturated rings. The van der Waals surface area contributed by atoms with Crippen LogP contribution in [0.3, 0.4) is 0 Å². The highest BCUT2D eigenvalue weighted by Gasteiger charge is 2.21. The highest BCUT2D eigenvalue weighted by Crippen LogP contribution is 2.09. The largest absolute Gasteiger partial charge is 0.348 e. The van der Waals surface area contributed by atoms with Crippen LogP contribution in [0.2, 0.25) is 0 Å². The van der Waals surface area contributed by atoms with Crippen LogP contribution >= 0.6 is 0 Å². The van der Waals surface area contributed by atoms with Gasteiger partial charge in [-0.15, -0.1) is 0 Å². The van der Waals surface area contributed by atoms with Crippen molar-refractivity contribution in [3.8, 4) is 0 Å². The fourth-order valence-corrected chi connectivity index (χ4v) is 2.31. The van der Waals surface area contributed by atoms with Crippen LogP contribution in [-0.4, -0.2) is 43.5 Å². The van der Waals surface area contributed by atoms with Crippen molar-refractivity contribution in [1.29, 1.82) is 0 Å². The number of nitrogens with two attached hydrogens (primary N) is 1. The normalized spacial score (nSPS) is 20.0. The summed E-state index contributed by atoms with van der Waals surface area (Å²) in [7, 11) is 2.08. The van der Waals surface area contributed by atoms with E-state index >= 15 is 0 Å². The average Bonchev–Trinajstić information content (AvgIpc) is 2.76. The first kappa shape index (κ1) is 13.1. The van der Waals surface area contributed by atoms with Crippen LogP contribution in [0.15, 0.2) is 24.3 Å². The van der Waals surface area contributed by atoms with E-state index in [1.54, 1.807) is 0 Å². The lowest BCUT2D eigenvalue weighted by atomic mass is 10.1. The summed E-state index contributed by atoms with van der Waals surface area (Å²) in [5.74, 6) is 0.0228. The molecular formula is C14H21N3O. The molecule has 0 saturated carbocycles. The van der Waals surface area contributed by atoms with Gasteiger partial charge < -0.3 is 16.0 Å².